The lowest BCUT2D eigenvalue weighted by molar-refractivity contribution is -0.121. The molecule has 0 radical (unpaired) electrons. The molecular formula is C21H23N7O. The third-order valence-corrected chi connectivity index (χ3v) is 5.08. The molecule has 1 amide bonds. The smallest absolute Gasteiger partial charge is 0.252 e. The summed E-state index contributed by atoms with van der Waals surface area (Å²) in [6, 6.07) is 9.99. The standard InChI is InChI=1S/C21H23N7O/c1-15-19(16(2)28-21(26-15)23-14-25-28)8-9-20(29)22-12-17-6-3-4-7-18(17)13-27-11-5-10-24-27/h3-7,10-11,14H,8-9,12-13H2,1-2H3,(H,22,29). The molecule has 0 fully saturated rings. The second-order valence-electron chi connectivity index (χ2n) is 6.98. The summed E-state index contributed by atoms with van der Waals surface area (Å²) in [6.07, 6.45) is 6.19. The number of hydrogen-bond acceptors (Lipinski definition) is 5. The van der Waals surface area contributed by atoms with Crippen molar-refractivity contribution in [2.24, 2.45) is 0 Å². The Morgan fingerprint density at radius 2 is 1.93 bits per heavy atom. The predicted octanol–water partition coefficient (Wildman–Crippen LogP) is 2.23. The van der Waals surface area contributed by atoms with Gasteiger partial charge < -0.3 is 5.32 Å². The van der Waals surface area contributed by atoms with Gasteiger partial charge in [0.05, 0.1) is 6.54 Å². The van der Waals surface area contributed by atoms with Crippen molar-refractivity contribution in [1.29, 1.82) is 0 Å². The van der Waals surface area contributed by atoms with Crippen molar-refractivity contribution in [3.8, 4) is 0 Å². The Morgan fingerprint density at radius 1 is 1.10 bits per heavy atom. The van der Waals surface area contributed by atoms with Crippen molar-refractivity contribution in [2.75, 3.05) is 0 Å². The summed E-state index contributed by atoms with van der Waals surface area (Å²) < 4.78 is 3.59. The number of aromatic nitrogens is 6. The van der Waals surface area contributed by atoms with E-state index in [0.717, 1.165) is 28.1 Å². The van der Waals surface area contributed by atoms with Crippen molar-refractivity contribution >= 4 is 11.7 Å². The van der Waals surface area contributed by atoms with Crippen LogP contribution in [0.4, 0.5) is 0 Å². The molecule has 0 saturated heterocycles. The average molecular weight is 389 g/mol. The summed E-state index contributed by atoms with van der Waals surface area (Å²) in [5.74, 6) is 0.596. The van der Waals surface area contributed by atoms with Crippen molar-refractivity contribution in [3.05, 3.63) is 77.1 Å². The molecule has 148 valence electrons. The highest BCUT2D eigenvalue weighted by molar-refractivity contribution is 5.76. The topological polar surface area (TPSA) is 90.0 Å². The summed E-state index contributed by atoms with van der Waals surface area (Å²) >= 11 is 0. The van der Waals surface area contributed by atoms with E-state index in [1.807, 2.05) is 49.0 Å². The zero-order valence-corrected chi connectivity index (χ0v) is 16.5. The first kappa shape index (κ1) is 18.8. The maximum absolute atomic E-state index is 12.5. The van der Waals surface area contributed by atoms with E-state index in [9.17, 15) is 4.79 Å². The van der Waals surface area contributed by atoms with E-state index >= 15 is 0 Å². The minimum atomic E-state index is 0.0105. The minimum Gasteiger partial charge on any atom is -0.352 e. The van der Waals surface area contributed by atoms with Crippen LogP contribution in [0, 0.1) is 13.8 Å². The maximum Gasteiger partial charge on any atom is 0.252 e. The third-order valence-electron chi connectivity index (χ3n) is 5.08. The minimum absolute atomic E-state index is 0.0105. The number of carbonyl (C=O) groups excluding carboxylic acids is 1. The lowest BCUT2D eigenvalue weighted by Gasteiger charge is -2.12. The molecule has 1 aromatic carbocycles. The van der Waals surface area contributed by atoms with E-state index in [-0.39, 0.29) is 5.91 Å². The van der Waals surface area contributed by atoms with E-state index in [0.29, 0.717) is 31.7 Å². The molecule has 3 heterocycles. The van der Waals surface area contributed by atoms with Crippen LogP contribution in [-0.2, 0) is 24.3 Å². The van der Waals surface area contributed by atoms with Crippen LogP contribution in [0.3, 0.4) is 0 Å². The van der Waals surface area contributed by atoms with Gasteiger partial charge in [-0.05, 0) is 43.0 Å². The fourth-order valence-electron chi connectivity index (χ4n) is 3.49. The van der Waals surface area contributed by atoms with E-state index in [4.69, 9.17) is 0 Å². The number of benzene rings is 1. The molecule has 1 N–H and O–H groups in total. The van der Waals surface area contributed by atoms with Crippen LogP contribution in [0.15, 0.2) is 49.1 Å². The monoisotopic (exact) mass is 389 g/mol. The summed E-state index contributed by atoms with van der Waals surface area (Å²) in [4.78, 5) is 21.1. The first-order chi connectivity index (χ1) is 14.1. The Kier molecular flexibility index (Phi) is 5.33. The molecule has 0 aliphatic heterocycles. The number of nitrogens with zero attached hydrogens (tertiary/aromatic N) is 6. The van der Waals surface area contributed by atoms with Crippen molar-refractivity contribution in [2.45, 2.75) is 39.8 Å². The molecule has 0 bridgehead atoms. The summed E-state index contributed by atoms with van der Waals surface area (Å²) in [6.45, 7) is 5.10. The highest BCUT2D eigenvalue weighted by Crippen LogP contribution is 2.15. The van der Waals surface area contributed by atoms with Crippen molar-refractivity contribution in [3.63, 3.8) is 0 Å². The number of hydrogen-bond donors (Lipinski definition) is 1. The van der Waals surface area contributed by atoms with Crippen LogP contribution < -0.4 is 5.32 Å². The summed E-state index contributed by atoms with van der Waals surface area (Å²) in [5.41, 5.74) is 5.14. The molecule has 8 heteroatoms. The molecule has 4 aromatic rings. The van der Waals surface area contributed by atoms with Crippen LogP contribution in [0.1, 0.15) is 34.5 Å². The Balaban J connectivity index is 1.38. The van der Waals surface area contributed by atoms with Crippen LogP contribution >= 0.6 is 0 Å². The van der Waals surface area contributed by atoms with Gasteiger partial charge in [-0.3, -0.25) is 9.48 Å². The van der Waals surface area contributed by atoms with Crippen LogP contribution in [0.5, 0.6) is 0 Å². The zero-order chi connectivity index (χ0) is 20.2. The van der Waals surface area contributed by atoms with Gasteiger partial charge >= 0.3 is 0 Å². The van der Waals surface area contributed by atoms with E-state index in [1.54, 1.807) is 10.7 Å². The molecule has 3 aromatic heterocycles. The first-order valence-electron chi connectivity index (χ1n) is 9.58. The number of fused-ring (bicyclic) bond motifs is 1. The molecular weight excluding hydrogens is 366 g/mol. The highest BCUT2D eigenvalue weighted by Gasteiger charge is 2.13. The Labute approximate surface area is 168 Å². The molecule has 0 atom stereocenters. The number of amides is 1. The van der Waals surface area contributed by atoms with Crippen molar-refractivity contribution < 1.29 is 4.79 Å². The van der Waals surface area contributed by atoms with Gasteiger partial charge in [0.25, 0.3) is 5.78 Å². The maximum atomic E-state index is 12.5. The Bertz CT molecular complexity index is 1130. The number of nitrogens with one attached hydrogen (secondary N) is 1. The van der Waals surface area contributed by atoms with Crippen LogP contribution in [0.2, 0.25) is 0 Å². The van der Waals surface area contributed by atoms with Gasteiger partial charge in [0.2, 0.25) is 5.91 Å². The van der Waals surface area contributed by atoms with Crippen molar-refractivity contribution in [1.82, 2.24) is 34.7 Å². The molecule has 8 nitrogen and oxygen atoms in total. The molecule has 0 unspecified atom stereocenters. The van der Waals surface area contributed by atoms with Gasteiger partial charge in [-0.2, -0.15) is 15.2 Å². The molecule has 0 aliphatic rings. The largest absolute Gasteiger partial charge is 0.352 e. The number of rotatable bonds is 7. The highest BCUT2D eigenvalue weighted by atomic mass is 16.1. The molecule has 0 spiro atoms. The summed E-state index contributed by atoms with van der Waals surface area (Å²) in [7, 11) is 0. The Hall–Kier alpha value is -3.55. The Morgan fingerprint density at radius 3 is 2.72 bits per heavy atom. The second kappa shape index (κ2) is 8.22. The molecule has 0 saturated carbocycles. The average Bonchev–Trinajstić information content (AvgIpc) is 3.39. The summed E-state index contributed by atoms with van der Waals surface area (Å²) in [5, 5.41) is 11.5. The fraction of sp³-hybridized carbons (Fsp3) is 0.286. The third kappa shape index (κ3) is 4.16. The van der Waals surface area contributed by atoms with Gasteiger partial charge in [0, 0.05) is 36.7 Å². The van der Waals surface area contributed by atoms with Gasteiger partial charge in [-0.25, -0.2) is 9.50 Å². The molecule has 4 rings (SSSR count). The molecule has 0 aliphatic carbocycles. The van der Waals surface area contributed by atoms with Gasteiger partial charge in [-0.15, -0.1) is 0 Å². The van der Waals surface area contributed by atoms with Gasteiger partial charge in [0.1, 0.15) is 6.33 Å². The first-order valence-corrected chi connectivity index (χ1v) is 9.58. The second-order valence-corrected chi connectivity index (χ2v) is 6.98. The van der Waals surface area contributed by atoms with Crippen LogP contribution in [0.25, 0.3) is 5.78 Å². The quantitative estimate of drug-likeness (QED) is 0.523. The van der Waals surface area contributed by atoms with Gasteiger partial charge in [-0.1, -0.05) is 24.3 Å². The predicted molar refractivity (Wildman–Crippen MR) is 108 cm³/mol. The number of carbonyl (C=O) groups is 1. The zero-order valence-electron chi connectivity index (χ0n) is 16.5. The van der Waals surface area contributed by atoms with E-state index in [2.05, 4.69) is 31.5 Å². The molecule has 29 heavy (non-hydrogen) atoms. The van der Waals surface area contributed by atoms with E-state index in [1.165, 1.54) is 6.33 Å². The SMILES string of the molecule is Cc1nc2ncnn2c(C)c1CCC(=O)NCc1ccccc1Cn1cccn1. The fourth-order valence-corrected chi connectivity index (χ4v) is 3.49. The van der Waals surface area contributed by atoms with Crippen LogP contribution in [-0.4, -0.2) is 35.3 Å². The number of aryl methyl sites for hydroxylation is 2. The van der Waals surface area contributed by atoms with E-state index < -0.39 is 0 Å². The lowest BCUT2D eigenvalue weighted by Crippen LogP contribution is -2.24. The normalized spacial score (nSPS) is 11.1. The van der Waals surface area contributed by atoms with Gasteiger partial charge in [0.15, 0.2) is 0 Å². The lowest BCUT2D eigenvalue weighted by atomic mass is 10.1.